The molecule has 2 amide bonds. The highest BCUT2D eigenvalue weighted by molar-refractivity contribution is 6.33. The molecular weight excluding hydrogens is 374 g/mol. The zero-order valence-electron chi connectivity index (χ0n) is 16.1. The van der Waals surface area contributed by atoms with E-state index in [2.05, 4.69) is 28.7 Å². The highest BCUT2D eigenvalue weighted by atomic mass is 35.5. The second-order valence-corrected chi connectivity index (χ2v) is 7.96. The number of imidazole rings is 1. The summed E-state index contributed by atoms with van der Waals surface area (Å²) in [6.07, 6.45) is 3.61. The predicted octanol–water partition coefficient (Wildman–Crippen LogP) is 4.76. The number of carbonyl (C=O) groups is 1. The number of nitrogens with one attached hydrogen (secondary N) is 1. The van der Waals surface area contributed by atoms with Crippen LogP contribution in [-0.4, -0.2) is 38.6 Å². The van der Waals surface area contributed by atoms with Crippen LogP contribution in [0.5, 0.6) is 0 Å². The molecule has 6 nitrogen and oxygen atoms in total. The van der Waals surface area contributed by atoms with Gasteiger partial charge in [0, 0.05) is 31.7 Å². The summed E-state index contributed by atoms with van der Waals surface area (Å²) < 4.78 is 2.21. The number of para-hydroxylation sites is 1. The Labute approximate surface area is 169 Å². The first-order valence-corrected chi connectivity index (χ1v) is 10.0. The van der Waals surface area contributed by atoms with E-state index in [1.807, 2.05) is 41.4 Å². The van der Waals surface area contributed by atoms with Gasteiger partial charge in [-0.05, 0) is 50.5 Å². The topological polar surface area (TPSA) is 63.1 Å². The number of aromatic nitrogens is 3. The quantitative estimate of drug-likeness (QED) is 0.690. The Balaban J connectivity index is 1.45. The maximum Gasteiger partial charge on any atom is 0.321 e. The van der Waals surface area contributed by atoms with E-state index >= 15 is 0 Å². The van der Waals surface area contributed by atoms with Crippen molar-refractivity contribution < 1.29 is 4.79 Å². The molecule has 0 spiro atoms. The average Bonchev–Trinajstić information content (AvgIpc) is 3.28. The number of nitrogens with zero attached hydrogens (tertiary/aromatic N) is 4. The smallest absolute Gasteiger partial charge is 0.321 e. The molecule has 4 rings (SSSR count). The van der Waals surface area contributed by atoms with Gasteiger partial charge in [-0.2, -0.15) is 0 Å². The standard InChI is InChI=1S/C21H24ClN5O/c1-14(2)27-19(24-18-8-5-10-23-20(18)27)12-15-9-11-26(13-15)21(28)25-17-7-4-3-6-16(17)22/h3-8,10,14-15H,9,11-13H2,1-2H3,(H,25,28). The Morgan fingerprint density at radius 1 is 1.29 bits per heavy atom. The van der Waals surface area contributed by atoms with Gasteiger partial charge in [0.05, 0.1) is 10.7 Å². The number of pyridine rings is 1. The molecule has 0 saturated carbocycles. The van der Waals surface area contributed by atoms with E-state index in [4.69, 9.17) is 16.6 Å². The van der Waals surface area contributed by atoms with Crippen molar-refractivity contribution in [2.75, 3.05) is 18.4 Å². The van der Waals surface area contributed by atoms with E-state index in [0.29, 0.717) is 23.2 Å². The number of hydrogen-bond donors (Lipinski definition) is 1. The number of fused-ring (bicyclic) bond motifs is 1. The van der Waals surface area contributed by atoms with E-state index < -0.39 is 0 Å². The molecule has 1 aliphatic heterocycles. The van der Waals surface area contributed by atoms with Crippen LogP contribution in [0.3, 0.4) is 0 Å². The van der Waals surface area contributed by atoms with Gasteiger partial charge in [-0.3, -0.25) is 0 Å². The van der Waals surface area contributed by atoms with Crippen molar-refractivity contribution in [3.05, 3.63) is 53.4 Å². The van der Waals surface area contributed by atoms with Crippen molar-refractivity contribution >= 4 is 34.5 Å². The van der Waals surface area contributed by atoms with Crippen LogP contribution in [0.2, 0.25) is 5.02 Å². The fourth-order valence-corrected chi connectivity index (χ4v) is 4.04. The number of benzene rings is 1. The van der Waals surface area contributed by atoms with Gasteiger partial charge >= 0.3 is 6.03 Å². The monoisotopic (exact) mass is 397 g/mol. The Bertz CT molecular complexity index is 999. The first-order chi connectivity index (χ1) is 13.5. The molecule has 3 aromatic rings. The number of urea groups is 1. The third-order valence-electron chi connectivity index (χ3n) is 5.20. The normalized spacial score (nSPS) is 16.9. The van der Waals surface area contributed by atoms with Crippen molar-refractivity contribution in [1.29, 1.82) is 0 Å². The summed E-state index contributed by atoms with van der Waals surface area (Å²) in [5, 5.41) is 3.46. The number of amides is 2. The first kappa shape index (κ1) is 18.7. The maximum atomic E-state index is 12.6. The molecule has 0 bridgehead atoms. The lowest BCUT2D eigenvalue weighted by Gasteiger charge is -2.18. The fourth-order valence-electron chi connectivity index (χ4n) is 3.86. The number of anilines is 1. The SMILES string of the molecule is CC(C)n1c(CC2CCN(C(=O)Nc3ccccc3Cl)C2)nc2cccnc21. The molecule has 146 valence electrons. The van der Waals surface area contributed by atoms with Crippen molar-refractivity contribution in [3.8, 4) is 0 Å². The molecule has 1 atom stereocenters. The minimum absolute atomic E-state index is 0.102. The van der Waals surface area contributed by atoms with Gasteiger partial charge in [-0.1, -0.05) is 23.7 Å². The van der Waals surface area contributed by atoms with Crippen molar-refractivity contribution in [3.63, 3.8) is 0 Å². The maximum absolute atomic E-state index is 12.6. The number of halogens is 1. The second kappa shape index (κ2) is 7.80. The molecule has 1 aromatic carbocycles. The molecule has 0 aliphatic carbocycles. The molecule has 1 saturated heterocycles. The molecule has 2 aromatic heterocycles. The van der Waals surface area contributed by atoms with Crippen molar-refractivity contribution in [1.82, 2.24) is 19.4 Å². The summed E-state index contributed by atoms with van der Waals surface area (Å²) in [7, 11) is 0. The van der Waals surface area contributed by atoms with Crippen molar-refractivity contribution in [2.24, 2.45) is 5.92 Å². The van der Waals surface area contributed by atoms with E-state index in [0.717, 1.165) is 36.4 Å². The molecule has 1 fully saturated rings. The van der Waals surface area contributed by atoms with Crippen LogP contribution in [-0.2, 0) is 6.42 Å². The molecule has 7 heteroatoms. The van der Waals surface area contributed by atoms with Crippen LogP contribution < -0.4 is 5.32 Å². The van der Waals surface area contributed by atoms with E-state index in [9.17, 15) is 4.79 Å². The van der Waals surface area contributed by atoms with Crippen LogP contribution in [0.1, 0.15) is 32.1 Å². The van der Waals surface area contributed by atoms with Gasteiger partial charge in [0.1, 0.15) is 11.3 Å². The number of carbonyl (C=O) groups excluding carboxylic acids is 1. The second-order valence-electron chi connectivity index (χ2n) is 7.55. The minimum Gasteiger partial charge on any atom is -0.324 e. The highest BCUT2D eigenvalue weighted by Crippen LogP contribution is 2.26. The van der Waals surface area contributed by atoms with Crippen LogP contribution in [0.25, 0.3) is 11.2 Å². The third-order valence-corrected chi connectivity index (χ3v) is 5.53. The molecule has 3 heterocycles. The minimum atomic E-state index is -0.102. The number of hydrogen-bond acceptors (Lipinski definition) is 3. The molecule has 1 aliphatic rings. The largest absolute Gasteiger partial charge is 0.324 e. The van der Waals surface area contributed by atoms with E-state index in [-0.39, 0.29) is 12.1 Å². The summed E-state index contributed by atoms with van der Waals surface area (Å²) in [6, 6.07) is 11.4. The predicted molar refractivity (Wildman–Crippen MR) is 112 cm³/mol. The lowest BCUT2D eigenvalue weighted by atomic mass is 10.0. The van der Waals surface area contributed by atoms with E-state index in [1.165, 1.54) is 0 Å². The van der Waals surface area contributed by atoms with E-state index in [1.54, 1.807) is 6.07 Å². The zero-order chi connectivity index (χ0) is 19.7. The Morgan fingerprint density at radius 2 is 2.11 bits per heavy atom. The Hall–Kier alpha value is -2.60. The zero-order valence-corrected chi connectivity index (χ0v) is 16.9. The number of rotatable bonds is 4. The summed E-state index contributed by atoms with van der Waals surface area (Å²) >= 11 is 6.15. The van der Waals surface area contributed by atoms with Gasteiger partial charge in [-0.15, -0.1) is 0 Å². The van der Waals surface area contributed by atoms with Crippen LogP contribution in [0, 0.1) is 5.92 Å². The average molecular weight is 398 g/mol. The summed E-state index contributed by atoms with van der Waals surface area (Å²) in [5.41, 5.74) is 2.50. The van der Waals surface area contributed by atoms with Crippen LogP contribution >= 0.6 is 11.6 Å². The molecular formula is C21H24ClN5O. The van der Waals surface area contributed by atoms with Gasteiger partial charge in [0.2, 0.25) is 0 Å². The summed E-state index contributed by atoms with van der Waals surface area (Å²) in [6.45, 7) is 5.75. The first-order valence-electron chi connectivity index (χ1n) is 9.65. The Morgan fingerprint density at radius 3 is 2.89 bits per heavy atom. The Kier molecular flexibility index (Phi) is 5.22. The lowest BCUT2D eigenvalue weighted by molar-refractivity contribution is 0.220. The van der Waals surface area contributed by atoms with Gasteiger partial charge in [-0.25, -0.2) is 14.8 Å². The lowest BCUT2D eigenvalue weighted by Crippen LogP contribution is -2.33. The van der Waals surface area contributed by atoms with Gasteiger partial charge < -0.3 is 14.8 Å². The van der Waals surface area contributed by atoms with Crippen LogP contribution in [0.4, 0.5) is 10.5 Å². The summed E-state index contributed by atoms with van der Waals surface area (Å²) in [4.78, 5) is 23.8. The molecule has 1 N–H and O–H groups in total. The fraction of sp³-hybridized carbons (Fsp3) is 0.381. The third kappa shape index (κ3) is 3.69. The number of likely N-dealkylation sites (tertiary alicyclic amines) is 1. The molecule has 1 unspecified atom stereocenters. The van der Waals surface area contributed by atoms with Crippen LogP contribution in [0.15, 0.2) is 42.6 Å². The van der Waals surface area contributed by atoms with Gasteiger partial charge in [0.15, 0.2) is 5.65 Å². The highest BCUT2D eigenvalue weighted by Gasteiger charge is 2.28. The molecule has 0 radical (unpaired) electrons. The molecule has 28 heavy (non-hydrogen) atoms. The van der Waals surface area contributed by atoms with Crippen molar-refractivity contribution in [2.45, 2.75) is 32.7 Å². The van der Waals surface area contributed by atoms with Gasteiger partial charge in [0.25, 0.3) is 0 Å². The summed E-state index contributed by atoms with van der Waals surface area (Å²) in [5.74, 6) is 1.42.